The lowest BCUT2D eigenvalue weighted by Gasteiger charge is -2.06. The highest BCUT2D eigenvalue weighted by Gasteiger charge is 2.13. The van der Waals surface area contributed by atoms with Crippen LogP contribution in [-0.4, -0.2) is 22.6 Å². The first-order valence-electron chi connectivity index (χ1n) is 3.48. The summed E-state index contributed by atoms with van der Waals surface area (Å²) in [5.41, 5.74) is 0. The molecule has 0 aromatic rings. The Labute approximate surface area is 66.0 Å². The van der Waals surface area contributed by atoms with Gasteiger partial charge in [0.2, 0.25) is 0 Å². The van der Waals surface area contributed by atoms with E-state index in [0.29, 0.717) is 0 Å². The summed E-state index contributed by atoms with van der Waals surface area (Å²) in [5.74, 6) is -0.680. The van der Waals surface area contributed by atoms with Gasteiger partial charge < -0.3 is 5.11 Å². The molecular formula is C7H14O2S. The van der Waals surface area contributed by atoms with E-state index in [2.05, 4.69) is 6.92 Å². The van der Waals surface area contributed by atoms with Crippen molar-refractivity contribution in [2.45, 2.75) is 31.4 Å². The number of hydrogen-bond acceptors (Lipinski definition) is 2. The van der Waals surface area contributed by atoms with Crippen LogP contribution in [0.25, 0.3) is 0 Å². The minimum absolute atomic E-state index is 0.194. The van der Waals surface area contributed by atoms with Gasteiger partial charge in [-0.1, -0.05) is 19.8 Å². The summed E-state index contributed by atoms with van der Waals surface area (Å²) in [4.78, 5) is 10.4. The average Bonchev–Trinajstić information content (AvgIpc) is 1.89. The Morgan fingerprint density at radius 2 is 2.30 bits per heavy atom. The highest BCUT2D eigenvalue weighted by molar-refractivity contribution is 7.99. The maximum absolute atomic E-state index is 10.4. The van der Waals surface area contributed by atoms with Crippen LogP contribution in [0.15, 0.2) is 0 Å². The number of hydrogen-bond donors (Lipinski definition) is 1. The van der Waals surface area contributed by atoms with Gasteiger partial charge in [0.1, 0.15) is 5.25 Å². The second-order valence-corrected chi connectivity index (χ2v) is 3.25. The van der Waals surface area contributed by atoms with E-state index in [4.69, 9.17) is 5.11 Å². The minimum atomic E-state index is -0.680. The first-order chi connectivity index (χ1) is 4.72. The highest BCUT2D eigenvalue weighted by Crippen LogP contribution is 2.13. The molecule has 0 heterocycles. The zero-order chi connectivity index (χ0) is 7.98. The first-order valence-corrected chi connectivity index (χ1v) is 4.76. The average molecular weight is 162 g/mol. The lowest BCUT2D eigenvalue weighted by atomic mass is 10.2. The van der Waals surface area contributed by atoms with Crippen LogP contribution in [-0.2, 0) is 4.79 Å². The fraction of sp³-hybridized carbons (Fsp3) is 0.857. The van der Waals surface area contributed by atoms with E-state index in [9.17, 15) is 4.79 Å². The molecule has 3 heteroatoms. The van der Waals surface area contributed by atoms with Gasteiger partial charge in [0, 0.05) is 0 Å². The monoisotopic (exact) mass is 162 g/mol. The Balaban J connectivity index is 3.50. The van der Waals surface area contributed by atoms with Gasteiger partial charge in [0.25, 0.3) is 0 Å². The van der Waals surface area contributed by atoms with Crippen molar-refractivity contribution in [1.82, 2.24) is 0 Å². The molecule has 1 atom stereocenters. The summed E-state index contributed by atoms with van der Waals surface area (Å²) in [6, 6.07) is 0. The highest BCUT2D eigenvalue weighted by atomic mass is 32.2. The summed E-state index contributed by atoms with van der Waals surface area (Å²) in [6.45, 7) is 2.07. The molecule has 1 N–H and O–H groups in total. The second kappa shape index (κ2) is 5.59. The molecule has 0 amide bonds. The third-order valence-electron chi connectivity index (χ3n) is 1.38. The summed E-state index contributed by atoms with van der Waals surface area (Å²) in [7, 11) is 0. The SMILES string of the molecule is CCCC[C@@H](SC)C(=O)O. The molecule has 0 aliphatic rings. The van der Waals surface area contributed by atoms with Crippen molar-refractivity contribution >= 4 is 17.7 Å². The van der Waals surface area contributed by atoms with Gasteiger partial charge in [-0.2, -0.15) is 11.8 Å². The molecule has 0 aromatic carbocycles. The number of carboxylic acid groups (broad SMARTS) is 1. The van der Waals surface area contributed by atoms with Crippen LogP contribution in [0.3, 0.4) is 0 Å². The largest absolute Gasteiger partial charge is 0.480 e. The van der Waals surface area contributed by atoms with Crippen molar-refractivity contribution in [2.75, 3.05) is 6.26 Å². The molecule has 0 saturated heterocycles. The van der Waals surface area contributed by atoms with Crippen molar-refractivity contribution in [3.63, 3.8) is 0 Å². The standard InChI is InChI=1S/C7H14O2S/c1-3-4-5-6(10-2)7(8)9/h6H,3-5H2,1-2H3,(H,8,9)/t6-/m1/s1. The molecule has 0 fully saturated rings. The second-order valence-electron chi connectivity index (χ2n) is 2.20. The van der Waals surface area contributed by atoms with E-state index in [-0.39, 0.29) is 5.25 Å². The molecule has 0 aliphatic heterocycles. The van der Waals surface area contributed by atoms with Gasteiger partial charge in [-0.15, -0.1) is 0 Å². The number of thioether (sulfide) groups is 1. The van der Waals surface area contributed by atoms with Crippen molar-refractivity contribution < 1.29 is 9.90 Å². The van der Waals surface area contributed by atoms with Gasteiger partial charge in [0.15, 0.2) is 0 Å². The first kappa shape index (κ1) is 9.82. The number of aliphatic carboxylic acids is 1. The Morgan fingerprint density at radius 1 is 1.70 bits per heavy atom. The molecule has 0 rings (SSSR count). The fourth-order valence-electron chi connectivity index (χ4n) is 0.732. The fourth-order valence-corrected chi connectivity index (χ4v) is 1.34. The Hall–Kier alpha value is -0.180. The van der Waals surface area contributed by atoms with E-state index in [1.807, 2.05) is 6.26 Å². The molecule has 0 radical (unpaired) electrons. The van der Waals surface area contributed by atoms with Gasteiger partial charge >= 0.3 is 5.97 Å². The van der Waals surface area contributed by atoms with Gasteiger partial charge in [-0.25, -0.2) is 0 Å². The molecule has 0 saturated carbocycles. The van der Waals surface area contributed by atoms with Crippen molar-refractivity contribution in [1.29, 1.82) is 0 Å². The lowest BCUT2D eigenvalue weighted by Crippen LogP contribution is -2.15. The number of carbonyl (C=O) groups is 1. The molecule has 0 unspecified atom stereocenters. The van der Waals surface area contributed by atoms with Gasteiger partial charge in [-0.05, 0) is 12.7 Å². The molecule has 60 valence electrons. The summed E-state index contributed by atoms with van der Waals surface area (Å²) >= 11 is 1.42. The Morgan fingerprint density at radius 3 is 2.60 bits per heavy atom. The number of rotatable bonds is 5. The van der Waals surface area contributed by atoms with E-state index in [0.717, 1.165) is 19.3 Å². The van der Waals surface area contributed by atoms with Crippen molar-refractivity contribution in [2.24, 2.45) is 0 Å². The summed E-state index contributed by atoms with van der Waals surface area (Å²) < 4.78 is 0. The van der Waals surface area contributed by atoms with Crippen molar-refractivity contribution in [3.05, 3.63) is 0 Å². The summed E-state index contributed by atoms with van der Waals surface area (Å²) in [6.07, 6.45) is 4.73. The Kier molecular flexibility index (Phi) is 5.49. The minimum Gasteiger partial charge on any atom is -0.480 e. The quantitative estimate of drug-likeness (QED) is 0.671. The van der Waals surface area contributed by atoms with Crippen LogP contribution in [0.1, 0.15) is 26.2 Å². The van der Waals surface area contributed by atoms with Crippen molar-refractivity contribution in [3.8, 4) is 0 Å². The van der Waals surface area contributed by atoms with Crippen LogP contribution in [0.5, 0.6) is 0 Å². The summed E-state index contributed by atoms with van der Waals surface area (Å²) in [5, 5.41) is 8.38. The van der Waals surface area contributed by atoms with E-state index >= 15 is 0 Å². The maximum Gasteiger partial charge on any atom is 0.316 e. The smallest absolute Gasteiger partial charge is 0.316 e. The maximum atomic E-state index is 10.4. The number of unbranched alkanes of at least 4 members (excludes halogenated alkanes) is 1. The normalized spacial score (nSPS) is 13.0. The van der Waals surface area contributed by atoms with E-state index < -0.39 is 5.97 Å². The number of carboxylic acids is 1. The molecule has 0 spiro atoms. The molecule has 0 aromatic heterocycles. The lowest BCUT2D eigenvalue weighted by molar-refractivity contribution is -0.136. The molecule has 0 aliphatic carbocycles. The topological polar surface area (TPSA) is 37.3 Å². The third-order valence-corrected chi connectivity index (χ3v) is 2.39. The molecule has 0 bridgehead atoms. The van der Waals surface area contributed by atoms with E-state index in [1.165, 1.54) is 11.8 Å². The third kappa shape index (κ3) is 3.77. The molecule has 2 nitrogen and oxygen atoms in total. The molecule has 10 heavy (non-hydrogen) atoms. The van der Waals surface area contributed by atoms with Crippen LogP contribution >= 0.6 is 11.8 Å². The zero-order valence-corrected chi connectivity index (χ0v) is 7.28. The Bertz CT molecular complexity index is 104. The predicted octanol–water partition coefficient (Wildman–Crippen LogP) is 1.99. The van der Waals surface area contributed by atoms with Crippen LogP contribution in [0.2, 0.25) is 0 Å². The van der Waals surface area contributed by atoms with Crippen LogP contribution in [0.4, 0.5) is 0 Å². The van der Waals surface area contributed by atoms with E-state index in [1.54, 1.807) is 0 Å². The van der Waals surface area contributed by atoms with Crippen LogP contribution in [0, 0.1) is 0 Å². The van der Waals surface area contributed by atoms with Gasteiger partial charge in [-0.3, -0.25) is 4.79 Å². The van der Waals surface area contributed by atoms with Gasteiger partial charge in [0.05, 0.1) is 0 Å². The van der Waals surface area contributed by atoms with Crippen LogP contribution < -0.4 is 0 Å². The zero-order valence-electron chi connectivity index (χ0n) is 6.46. The predicted molar refractivity (Wildman–Crippen MR) is 44.5 cm³/mol. The molecular weight excluding hydrogens is 148 g/mol.